The molecule has 3 aliphatic carbocycles. The van der Waals surface area contributed by atoms with Gasteiger partial charge in [0.25, 0.3) is 0 Å². The molecule has 2 aromatic carbocycles. The molecule has 0 spiro atoms. The zero-order valence-electron chi connectivity index (χ0n) is 16.2. The van der Waals surface area contributed by atoms with Crippen molar-refractivity contribution in [3.63, 3.8) is 0 Å². The Balaban J connectivity index is -0.000000605. The van der Waals surface area contributed by atoms with Gasteiger partial charge in [0, 0.05) is 1.43 Å². The molecule has 0 unspecified atom stereocenters. The summed E-state index contributed by atoms with van der Waals surface area (Å²) in [6, 6.07) is 17.9. The van der Waals surface area contributed by atoms with Crippen molar-refractivity contribution in [1.82, 2.24) is 0 Å². The van der Waals surface area contributed by atoms with Crippen molar-refractivity contribution in [2.45, 2.75) is 89.5 Å². The van der Waals surface area contributed by atoms with Gasteiger partial charge in [-0.2, -0.15) is 0 Å². The summed E-state index contributed by atoms with van der Waals surface area (Å²) in [6.45, 7) is 8.50. The Labute approximate surface area is 184 Å². The maximum absolute atomic E-state index is 2.30. The highest BCUT2D eigenvalue weighted by Gasteiger charge is 2.35. The van der Waals surface area contributed by atoms with E-state index in [1.807, 2.05) is 0 Å². The normalized spacial score (nSPS) is 13.4. The second-order valence-electron chi connectivity index (χ2n) is 7.19. The number of hydrogen-bond acceptors (Lipinski definition) is 0. The zero-order chi connectivity index (χ0) is 17.8. The predicted octanol–water partition coefficient (Wildman–Crippen LogP) is 10.0. The molecule has 0 radical (unpaired) electrons. The second kappa shape index (κ2) is 13.2. The summed E-state index contributed by atoms with van der Waals surface area (Å²) >= 11 is 0. The summed E-state index contributed by atoms with van der Waals surface area (Å²) in [5.41, 5.74) is 12.5. The van der Waals surface area contributed by atoms with E-state index >= 15 is 0 Å². The fourth-order valence-electron chi connectivity index (χ4n) is 4.04. The Morgan fingerprint density at radius 3 is 1.59 bits per heavy atom. The van der Waals surface area contributed by atoms with Gasteiger partial charge in [-0.15, -0.1) is 0 Å². The third kappa shape index (κ3) is 5.50. The van der Waals surface area contributed by atoms with E-state index in [1.54, 1.807) is 22.3 Å². The number of benzene rings is 2. The van der Waals surface area contributed by atoms with Gasteiger partial charge >= 0.3 is 0 Å². The Morgan fingerprint density at radius 1 is 0.586 bits per heavy atom. The van der Waals surface area contributed by atoms with Crippen molar-refractivity contribution in [1.29, 1.82) is 0 Å². The van der Waals surface area contributed by atoms with Crippen LogP contribution in [0, 0.1) is 0 Å². The highest BCUT2D eigenvalue weighted by Crippen LogP contribution is 2.53. The first-order valence-electron chi connectivity index (χ1n) is 9.85. The van der Waals surface area contributed by atoms with E-state index in [0.29, 0.717) is 0 Å². The van der Waals surface area contributed by atoms with Crippen LogP contribution in [0.25, 0.3) is 11.1 Å². The lowest BCUT2D eigenvalue weighted by molar-refractivity contribution is 1.09. The Morgan fingerprint density at radius 2 is 1.03 bits per heavy atom. The molecule has 0 fully saturated rings. The fourth-order valence-corrected chi connectivity index (χ4v) is 4.04. The van der Waals surface area contributed by atoms with Crippen LogP contribution < -0.4 is 0 Å². The summed E-state index contributed by atoms with van der Waals surface area (Å²) < 4.78 is 0. The highest BCUT2D eigenvalue weighted by molar-refractivity contribution is 6.02. The van der Waals surface area contributed by atoms with Gasteiger partial charge in [0.05, 0.1) is 0 Å². The van der Waals surface area contributed by atoms with Crippen LogP contribution in [-0.4, -0.2) is 0 Å². The van der Waals surface area contributed by atoms with E-state index in [0.717, 1.165) is 6.42 Å². The molecule has 164 valence electrons. The van der Waals surface area contributed by atoms with Crippen LogP contribution >= 0.6 is 0 Å². The molecule has 0 aromatic heterocycles. The Bertz CT molecular complexity index is 822. The number of allylic oxidation sites excluding steroid dienone is 4. The number of hydrogen-bond donors (Lipinski definition) is 0. The van der Waals surface area contributed by atoms with Crippen molar-refractivity contribution in [2.75, 3.05) is 0 Å². The van der Waals surface area contributed by atoms with Crippen molar-refractivity contribution in [3.05, 3.63) is 81.9 Å². The molecule has 0 bridgehead atoms. The van der Waals surface area contributed by atoms with Crippen LogP contribution in [0.1, 0.15) is 100 Å². The lowest BCUT2D eigenvalue weighted by atomic mass is 9.98. The maximum Gasteiger partial charge on any atom is 0 e. The molecule has 0 N–H and O–H groups in total. The smallest absolute Gasteiger partial charge is 0 e. The third-order valence-corrected chi connectivity index (χ3v) is 4.81. The van der Waals surface area contributed by atoms with Crippen LogP contribution in [0.3, 0.4) is 0 Å². The van der Waals surface area contributed by atoms with Crippen molar-refractivity contribution < 1.29 is 1.43 Å². The molecule has 3 aliphatic rings. The van der Waals surface area contributed by atoms with E-state index in [-0.39, 0.29) is 31.1 Å². The molecule has 0 heterocycles. The minimum Gasteiger partial charge on any atom is -0.0776 e. The van der Waals surface area contributed by atoms with Crippen LogP contribution in [0.15, 0.2) is 59.7 Å². The van der Waals surface area contributed by atoms with Crippen LogP contribution in [0.5, 0.6) is 0 Å². The average Bonchev–Trinajstić information content (AvgIpc) is 3.24. The second-order valence-corrected chi connectivity index (χ2v) is 7.19. The zero-order valence-corrected chi connectivity index (χ0v) is 16.2. The fraction of sp³-hybridized carbons (Fsp3) is 0.448. The molecule has 0 aliphatic heterocycles. The van der Waals surface area contributed by atoms with E-state index < -0.39 is 0 Å². The van der Waals surface area contributed by atoms with Crippen LogP contribution in [0.4, 0.5) is 0 Å². The van der Waals surface area contributed by atoms with Crippen molar-refractivity contribution in [2.24, 2.45) is 0 Å². The lowest BCUT2D eigenvalue weighted by Crippen LogP contribution is -1.89. The first-order valence-corrected chi connectivity index (χ1v) is 9.85. The largest absolute Gasteiger partial charge is 0.0776 e. The lowest BCUT2D eigenvalue weighted by Gasteiger charge is -2.06. The van der Waals surface area contributed by atoms with Crippen LogP contribution in [0.2, 0.25) is 0 Å². The quantitative estimate of drug-likeness (QED) is 0.415. The summed E-state index contributed by atoms with van der Waals surface area (Å²) in [5.74, 6) is 0. The monoisotopic (exact) mass is 397 g/mol. The van der Waals surface area contributed by atoms with Gasteiger partial charge in [0.15, 0.2) is 0 Å². The van der Waals surface area contributed by atoms with Crippen molar-refractivity contribution in [3.8, 4) is 0 Å². The van der Waals surface area contributed by atoms with Gasteiger partial charge < -0.3 is 0 Å². The molecule has 2 aromatic rings. The summed E-state index contributed by atoms with van der Waals surface area (Å²) in [7, 11) is 0. The van der Waals surface area contributed by atoms with Gasteiger partial charge in [-0.25, -0.2) is 0 Å². The minimum absolute atomic E-state index is 0. The van der Waals surface area contributed by atoms with E-state index in [2.05, 4.69) is 76.2 Å². The standard InChI is InChI=1S/C19H14.2C3H8.4CH4.H2/c1-3-7-15-13(6-1)10-18-17(15)11-14-9-12-5-2-4-8-16(12)19(14)18;2*1-3-2;;;;;/h1-8H,9-11H2;2*3H2,1-2H3;4*1H4;1H/i;;;;;;;1+1. The SMILES string of the molecule is C.C.C.C.CCC.CCC.[2HH].c1ccc2c(c1)CC1=C2CC2=C1c1ccccc1C2. The number of rotatable bonds is 0. The average molecular weight is 398 g/mol. The molecule has 0 amide bonds. The molecule has 0 heteroatoms. The van der Waals surface area contributed by atoms with E-state index in [1.165, 1.54) is 47.9 Å². The molecule has 5 rings (SSSR count). The molecule has 0 nitrogen and oxygen atoms in total. The van der Waals surface area contributed by atoms with Crippen LogP contribution in [-0.2, 0) is 12.8 Å². The van der Waals surface area contributed by atoms with Gasteiger partial charge in [0.2, 0.25) is 0 Å². The summed E-state index contributed by atoms with van der Waals surface area (Å²) in [5, 5.41) is 0. The first kappa shape index (κ1) is 29.1. The Kier molecular flexibility index (Phi) is 13.3. The Hall–Kier alpha value is -2.08. The molecular formula is C29H48. The topological polar surface area (TPSA) is 0 Å². The molecular weight excluding hydrogens is 348 g/mol. The maximum atomic E-state index is 2.30. The molecule has 29 heavy (non-hydrogen) atoms. The molecule has 0 saturated carbocycles. The third-order valence-electron chi connectivity index (χ3n) is 4.81. The van der Waals surface area contributed by atoms with Gasteiger partial charge in [-0.3, -0.25) is 0 Å². The van der Waals surface area contributed by atoms with Gasteiger partial charge in [-0.05, 0) is 58.2 Å². The van der Waals surface area contributed by atoms with E-state index in [9.17, 15) is 0 Å². The van der Waals surface area contributed by atoms with Gasteiger partial charge in [0.1, 0.15) is 0 Å². The van der Waals surface area contributed by atoms with E-state index in [4.69, 9.17) is 0 Å². The van der Waals surface area contributed by atoms with Crippen molar-refractivity contribution >= 4 is 11.1 Å². The number of fused-ring (bicyclic) bond motifs is 5. The molecule has 0 atom stereocenters. The first-order chi connectivity index (χ1) is 12.2. The van der Waals surface area contributed by atoms with Gasteiger partial charge in [-0.1, -0.05) is 124 Å². The minimum atomic E-state index is 0. The summed E-state index contributed by atoms with van der Waals surface area (Å²) in [6.07, 6.45) is 5.98. The summed E-state index contributed by atoms with van der Waals surface area (Å²) in [4.78, 5) is 0. The highest BCUT2D eigenvalue weighted by atomic mass is 14.4. The molecule has 0 saturated heterocycles. The predicted molar refractivity (Wildman–Crippen MR) is 140 cm³/mol.